The zero-order valence-electron chi connectivity index (χ0n) is 12.9. The van der Waals surface area contributed by atoms with Crippen molar-refractivity contribution in [1.29, 1.82) is 0 Å². The first kappa shape index (κ1) is 16.6. The molecule has 1 amide bonds. The first-order valence-corrected chi connectivity index (χ1v) is 9.59. The largest absolute Gasteiger partial charge is 0.347 e. The second kappa shape index (κ2) is 6.72. The molecule has 124 valence electrons. The Morgan fingerprint density at radius 2 is 1.88 bits per heavy atom. The van der Waals surface area contributed by atoms with Crippen LogP contribution in [-0.2, 0) is 16.6 Å². The van der Waals surface area contributed by atoms with Gasteiger partial charge in [0, 0.05) is 11.2 Å². The van der Waals surface area contributed by atoms with E-state index in [1.165, 1.54) is 24.5 Å². The predicted molar refractivity (Wildman–Crippen MR) is 95.7 cm³/mol. The topological polar surface area (TPSA) is 75.3 Å². The van der Waals surface area contributed by atoms with E-state index >= 15 is 0 Å². The van der Waals surface area contributed by atoms with Crippen LogP contribution in [0, 0.1) is 0 Å². The summed E-state index contributed by atoms with van der Waals surface area (Å²) >= 11 is 1.43. The second-order valence-corrected chi connectivity index (χ2v) is 8.16. The molecule has 1 aromatic heterocycles. The fourth-order valence-corrected chi connectivity index (χ4v) is 4.08. The third kappa shape index (κ3) is 3.48. The lowest BCUT2D eigenvalue weighted by molar-refractivity contribution is 0.0955. The van der Waals surface area contributed by atoms with Gasteiger partial charge in [-0.25, -0.2) is 13.1 Å². The van der Waals surface area contributed by atoms with Crippen LogP contribution in [0.5, 0.6) is 0 Å². The van der Waals surface area contributed by atoms with Crippen molar-refractivity contribution in [2.24, 2.45) is 0 Å². The molecule has 0 aliphatic heterocycles. The van der Waals surface area contributed by atoms with Crippen molar-refractivity contribution >= 4 is 37.4 Å². The molecule has 0 spiro atoms. The van der Waals surface area contributed by atoms with Crippen molar-refractivity contribution in [2.45, 2.75) is 11.4 Å². The van der Waals surface area contributed by atoms with Crippen LogP contribution in [0.2, 0.25) is 0 Å². The average molecular weight is 360 g/mol. The van der Waals surface area contributed by atoms with Crippen LogP contribution in [0.25, 0.3) is 10.1 Å². The highest BCUT2D eigenvalue weighted by Gasteiger charge is 2.13. The Morgan fingerprint density at radius 1 is 1.08 bits per heavy atom. The number of fused-ring (bicyclic) bond motifs is 1. The van der Waals surface area contributed by atoms with Crippen molar-refractivity contribution in [1.82, 2.24) is 10.0 Å². The van der Waals surface area contributed by atoms with Crippen LogP contribution in [0.3, 0.4) is 0 Å². The summed E-state index contributed by atoms with van der Waals surface area (Å²) in [5, 5.41) is 3.87. The third-order valence-electron chi connectivity index (χ3n) is 3.58. The summed E-state index contributed by atoms with van der Waals surface area (Å²) in [4.78, 5) is 13.1. The maximum absolute atomic E-state index is 12.3. The van der Waals surface area contributed by atoms with Gasteiger partial charge in [0.2, 0.25) is 10.0 Å². The molecule has 2 N–H and O–H groups in total. The van der Waals surface area contributed by atoms with Crippen LogP contribution in [0.1, 0.15) is 15.2 Å². The molecule has 3 rings (SSSR count). The molecule has 1 heterocycles. The van der Waals surface area contributed by atoms with Gasteiger partial charge >= 0.3 is 0 Å². The predicted octanol–water partition coefficient (Wildman–Crippen LogP) is 2.74. The van der Waals surface area contributed by atoms with E-state index < -0.39 is 10.0 Å². The van der Waals surface area contributed by atoms with E-state index in [9.17, 15) is 13.2 Å². The molecular weight excluding hydrogens is 344 g/mol. The molecule has 0 saturated carbocycles. The maximum Gasteiger partial charge on any atom is 0.261 e. The van der Waals surface area contributed by atoms with Gasteiger partial charge < -0.3 is 5.32 Å². The molecule has 0 radical (unpaired) electrons. The number of nitrogens with one attached hydrogen (secondary N) is 2. The Balaban J connectivity index is 1.73. The van der Waals surface area contributed by atoms with Crippen molar-refractivity contribution in [3.63, 3.8) is 0 Å². The molecule has 0 aliphatic carbocycles. The van der Waals surface area contributed by atoms with Gasteiger partial charge in [-0.15, -0.1) is 11.3 Å². The van der Waals surface area contributed by atoms with E-state index in [-0.39, 0.29) is 17.3 Å². The molecule has 0 aliphatic rings. The SMILES string of the molecule is CNS(=O)(=O)c1cccc(CNC(=O)c2cc3ccccc3s2)c1. The van der Waals surface area contributed by atoms with Crippen molar-refractivity contribution < 1.29 is 13.2 Å². The Kier molecular flexibility index (Phi) is 4.66. The molecule has 24 heavy (non-hydrogen) atoms. The lowest BCUT2D eigenvalue weighted by Crippen LogP contribution is -2.22. The molecule has 0 bridgehead atoms. The molecular formula is C17H16N2O3S2. The van der Waals surface area contributed by atoms with E-state index in [0.717, 1.165) is 15.6 Å². The summed E-state index contributed by atoms with van der Waals surface area (Å²) in [6.45, 7) is 0.264. The number of thiophene rings is 1. The first-order chi connectivity index (χ1) is 11.5. The number of carbonyl (C=O) groups excluding carboxylic acids is 1. The van der Waals surface area contributed by atoms with Crippen LogP contribution in [0.4, 0.5) is 0 Å². The molecule has 7 heteroatoms. The summed E-state index contributed by atoms with van der Waals surface area (Å²) in [5.74, 6) is -0.168. The van der Waals surface area contributed by atoms with Gasteiger partial charge in [0.25, 0.3) is 5.91 Å². The van der Waals surface area contributed by atoms with Crippen LogP contribution in [-0.4, -0.2) is 21.4 Å². The van der Waals surface area contributed by atoms with Gasteiger partial charge in [-0.1, -0.05) is 30.3 Å². The minimum absolute atomic E-state index is 0.168. The fraction of sp³-hybridized carbons (Fsp3) is 0.118. The van der Waals surface area contributed by atoms with Gasteiger partial charge in [-0.05, 0) is 42.3 Å². The molecule has 3 aromatic rings. The minimum atomic E-state index is -3.49. The molecule has 0 unspecified atom stereocenters. The Morgan fingerprint density at radius 3 is 2.62 bits per heavy atom. The van der Waals surface area contributed by atoms with Crippen LogP contribution >= 0.6 is 11.3 Å². The van der Waals surface area contributed by atoms with E-state index in [4.69, 9.17) is 0 Å². The quantitative estimate of drug-likeness (QED) is 0.735. The number of hydrogen-bond donors (Lipinski definition) is 2. The molecule has 2 aromatic carbocycles. The Hall–Kier alpha value is -2.22. The summed E-state index contributed by atoms with van der Waals surface area (Å²) < 4.78 is 27.0. The van der Waals surface area contributed by atoms with Crippen molar-refractivity contribution in [3.05, 3.63) is 65.0 Å². The number of carbonyl (C=O) groups is 1. The number of sulfonamides is 1. The number of hydrogen-bond acceptors (Lipinski definition) is 4. The number of benzene rings is 2. The molecule has 0 saturated heterocycles. The summed E-state index contributed by atoms with van der Waals surface area (Å²) in [7, 11) is -2.12. The van der Waals surface area contributed by atoms with E-state index in [1.54, 1.807) is 18.2 Å². The van der Waals surface area contributed by atoms with Crippen molar-refractivity contribution in [2.75, 3.05) is 7.05 Å². The van der Waals surface area contributed by atoms with Crippen LogP contribution < -0.4 is 10.0 Å². The minimum Gasteiger partial charge on any atom is -0.347 e. The third-order valence-corrected chi connectivity index (χ3v) is 6.11. The Labute approximate surface area is 144 Å². The first-order valence-electron chi connectivity index (χ1n) is 7.29. The zero-order valence-corrected chi connectivity index (χ0v) is 14.6. The van der Waals surface area contributed by atoms with Crippen molar-refractivity contribution in [3.8, 4) is 0 Å². The summed E-state index contributed by atoms with van der Waals surface area (Å²) in [5.41, 5.74) is 0.723. The van der Waals surface area contributed by atoms with E-state index in [2.05, 4.69) is 10.0 Å². The lowest BCUT2D eigenvalue weighted by atomic mass is 10.2. The normalized spacial score (nSPS) is 11.5. The zero-order chi connectivity index (χ0) is 17.2. The number of rotatable bonds is 5. The standard InChI is InChI=1S/C17H16N2O3S2/c1-18-24(21,22)14-7-4-5-12(9-14)11-19-17(20)16-10-13-6-2-3-8-15(13)23-16/h2-10,18H,11H2,1H3,(H,19,20). The summed E-state index contributed by atoms with van der Waals surface area (Å²) in [6, 6.07) is 16.2. The second-order valence-electron chi connectivity index (χ2n) is 5.19. The number of amides is 1. The average Bonchev–Trinajstić information content (AvgIpc) is 3.04. The van der Waals surface area contributed by atoms with Gasteiger partial charge in [0.1, 0.15) is 0 Å². The van der Waals surface area contributed by atoms with E-state index in [0.29, 0.717) is 4.88 Å². The van der Waals surface area contributed by atoms with Gasteiger partial charge in [0.15, 0.2) is 0 Å². The Bertz CT molecular complexity index is 961. The summed E-state index contributed by atoms with van der Waals surface area (Å²) in [6.07, 6.45) is 0. The fourth-order valence-electron chi connectivity index (χ4n) is 2.30. The van der Waals surface area contributed by atoms with Gasteiger partial charge in [-0.2, -0.15) is 0 Å². The van der Waals surface area contributed by atoms with E-state index in [1.807, 2.05) is 30.3 Å². The monoisotopic (exact) mass is 360 g/mol. The highest BCUT2D eigenvalue weighted by Crippen LogP contribution is 2.25. The molecule has 0 fully saturated rings. The van der Waals surface area contributed by atoms with Crippen LogP contribution in [0.15, 0.2) is 59.5 Å². The molecule has 5 nitrogen and oxygen atoms in total. The van der Waals surface area contributed by atoms with Gasteiger partial charge in [0.05, 0.1) is 9.77 Å². The lowest BCUT2D eigenvalue weighted by Gasteiger charge is -2.07. The smallest absolute Gasteiger partial charge is 0.261 e. The highest BCUT2D eigenvalue weighted by molar-refractivity contribution is 7.89. The van der Waals surface area contributed by atoms with Gasteiger partial charge in [-0.3, -0.25) is 4.79 Å². The highest BCUT2D eigenvalue weighted by atomic mass is 32.2. The maximum atomic E-state index is 12.3. The molecule has 0 atom stereocenters.